The maximum atomic E-state index is 4.47. The SMILES string of the molecule is CCc1cc(-c2cnn(C)c2)ccc1Nc1cc2c(cn1)ncn2C. The summed E-state index contributed by atoms with van der Waals surface area (Å²) in [6.07, 6.45) is 8.45. The highest BCUT2D eigenvalue weighted by Gasteiger charge is 2.08. The van der Waals surface area contributed by atoms with Crippen LogP contribution in [0.2, 0.25) is 0 Å². The van der Waals surface area contributed by atoms with E-state index in [9.17, 15) is 0 Å². The number of hydrogen-bond donors (Lipinski definition) is 1. The minimum atomic E-state index is 0.819. The zero-order valence-electron chi connectivity index (χ0n) is 14.6. The number of imidazole rings is 1. The molecule has 0 fully saturated rings. The lowest BCUT2D eigenvalue weighted by Crippen LogP contribution is -1.98. The molecule has 3 aromatic heterocycles. The predicted molar refractivity (Wildman–Crippen MR) is 99.8 cm³/mol. The van der Waals surface area contributed by atoms with Gasteiger partial charge in [0.15, 0.2) is 0 Å². The van der Waals surface area contributed by atoms with Crippen molar-refractivity contribution in [3.63, 3.8) is 0 Å². The molecule has 0 amide bonds. The van der Waals surface area contributed by atoms with Crippen LogP contribution in [0.1, 0.15) is 12.5 Å². The zero-order chi connectivity index (χ0) is 17.4. The van der Waals surface area contributed by atoms with Crippen molar-refractivity contribution in [2.75, 3.05) is 5.32 Å². The minimum Gasteiger partial charge on any atom is -0.340 e. The van der Waals surface area contributed by atoms with Gasteiger partial charge in [0, 0.05) is 37.6 Å². The number of aromatic nitrogens is 5. The average Bonchev–Trinajstić information content (AvgIpc) is 3.22. The topological polar surface area (TPSA) is 60.6 Å². The van der Waals surface area contributed by atoms with Gasteiger partial charge in [-0.2, -0.15) is 5.10 Å². The Balaban J connectivity index is 1.68. The summed E-state index contributed by atoms with van der Waals surface area (Å²) >= 11 is 0. The average molecular weight is 332 g/mol. The summed E-state index contributed by atoms with van der Waals surface area (Å²) in [5, 5.41) is 7.70. The van der Waals surface area contributed by atoms with E-state index in [0.717, 1.165) is 34.5 Å². The molecule has 126 valence electrons. The number of pyridine rings is 1. The molecule has 1 N–H and O–H groups in total. The van der Waals surface area contributed by atoms with E-state index in [4.69, 9.17) is 0 Å². The number of hydrogen-bond acceptors (Lipinski definition) is 4. The Kier molecular flexibility index (Phi) is 3.72. The Bertz CT molecular complexity index is 1040. The molecule has 0 aliphatic heterocycles. The van der Waals surface area contributed by atoms with Crippen LogP contribution in [0.15, 0.2) is 49.2 Å². The highest BCUT2D eigenvalue weighted by molar-refractivity contribution is 5.79. The Morgan fingerprint density at radius 2 is 1.92 bits per heavy atom. The Labute approximate surface area is 146 Å². The molecular formula is C19H20N6. The van der Waals surface area contributed by atoms with Crippen LogP contribution >= 0.6 is 0 Å². The first-order valence-electron chi connectivity index (χ1n) is 8.30. The molecule has 0 bridgehead atoms. The normalized spacial score (nSPS) is 11.2. The zero-order valence-corrected chi connectivity index (χ0v) is 14.6. The molecule has 0 radical (unpaired) electrons. The smallest absolute Gasteiger partial charge is 0.132 e. The third kappa shape index (κ3) is 2.87. The lowest BCUT2D eigenvalue weighted by molar-refractivity contribution is 0.768. The molecule has 1 aromatic carbocycles. The van der Waals surface area contributed by atoms with E-state index < -0.39 is 0 Å². The van der Waals surface area contributed by atoms with Crippen molar-refractivity contribution in [1.29, 1.82) is 0 Å². The van der Waals surface area contributed by atoms with E-state index in [-0.39, 0.29) is 0 Å². The van der Waals surface area contributed by atoms with Gasteiger partial charge in [-0.25, -0.2) is 9.97 Å². The second-order valence-electron chi connectivity index (χ2n) is 6.17. The van der Waals surface area contributed by atoms with Crippen molar-refractivity contribution in [3.05, 3.63) is 54.7 Å². The first-order chi connectivity index (χ1) is 12.1. The lowest BCUT2D eigenvalue weighted by atomic mass is 10.0. The largest absolute Gasteiger partial charge is 0.340 e. The molecule has 0 atom stereocenters. The molecular weight excluding hydrogens is 312 g/mol. The second-order valence-corrected chi connectivity index (χ2v) is 6.17. The summed E-state index contributed by atoms with van der Waals surface area (Å²) in [5.74, 6) is 0.819. The molecule has 6 nitrogen and oxygen atoms in total. The van der Waals surface area contributed by atoms with Crippen LogP contribution in [0.25, 0.3) is 22.2 Å². The van der Waals surface area contributed by atoms with Gasteiger partial charge < -0.3 is 9.88 Å². The van der Waals surface area contributed by atoms with Gasteiger partial charge in [-0.1, -0.05) is 13.0 Å². The third-order valence-electron chi connectivity index (χ3n) is 4.40. The molecule has 3 heterocycles. The number of nitrogens with one attached hydrogen (secondary N) is 1. The number of aryl methyl sites for hydroxylation is 3. The molecule has 25 heavy (non-hydrogen) atoms. The molecule has 4 aromatic rings. The van der Waals surface area contributed by atoms with Crippen LogP contribution in [0.5, 0.6) is 0 Å². The van der Waals surface area contributed by atoms with Crippen molar-refractivity contribution in [2.24, 2.45) is 14.1 Å². The summed E-state index contributed by atoms with van der Waals surface area (Å²) in [6, 6.07) is 8.45. The molecule has 0 saturated heterocycles. The maximum Gasteiger partial charge on any atom is 0.132 e. The third-order valence-corrected chi connectivity index (χ3v) is 4.40. The summed E-state index contributed by atoms with van der Waals surface area (Å²) in [5.41, 5.74) is 6.57. The predicted octanol–water partition coefficient (Wildman–Crippen LogP) is 3.67. The fraction of sp³-hybridized carbons (Fsp3) is 0.211. The minimum absolute atomic E-state index is 0.819. The lowest BCUT2D eigenvalue weighted by Gasteiger charge is -2.12. The van der Waals surface area contributed by atoms with Gasteiger partial charge in [-0.3, -0.25) is 4.68 Å². The number of anilines is 2. The van der Waals surface area contributed by atoms with E-state index in [1.54, 1.807) is 12.5 Å². The number of rotatable bonds is 4. The van der Waals surface area contributed by atoms with E-state index in [1.165, 1.54) is 11.1 Å². The van der Waals surface area contributed by atoms with E-state index >= 15 is 0 Å². The van der Waals surface area contributed by atoms with Crippen LogP contribution in [-0.2, 0) is 20.5 Å². The van der Waals surface area contributed by atoms with Crippen molar-refractivity contribution in [2.45, 2.75) is 13.3 Å². The first-order valence-corrected chi connectivity index (χ1v) is 8.30. The number of benzene rings is 1. The summed E-state index contributed by atoms with van der Waals surface area (Å²) in [7, 11) is 3.92. The van der Waals surface area contributed by atoms with Crippen LogP contribution < -0.4 is 5.32 Å². The fourth-order valence-electron chi connectivity index (χ4n) is 2.99. The maximum absolute atomic E-state index is 4.47. The first kappa shape index (κ1) is 15.4. The molecule has 4 rings (SSSR count). The van der Waals surface area contributed by atoms with E-state index in [0.29, 0.717) is 0 Å². The van der Waals surface area contributed by atoms with Gasteiger partial charge in [-0.05, 0) is 29.7 Å². The fourth-order valence-corrected chi connectivity index (χ4v) is 2.99. The monoisotopic (exact) mass is 332 g/mol. The number of fused-ring (bicyclic) bond motifs is 1. The van der Waals surface area contributed by atoms with Crippen molar-refractivity contribution >= 4 is 22.5 Å². The highest BCUT2D eigenvalue weighted by Crippen LogP contribution is 2.28. The molecule has 6 heteroatoms. The highest BCUT2D eigenvalue weighted by atomic mass is 15.2. The summed E-state index contributed by atoms with van der Waals surface area (Å²) < 4.78 is 3.81. The van der Waals surface area contributed by atoms with Crippen molar-refractivity contribution in [3.8, 4) is 11.1 Å². The van der Waals surface area contributed by atoms with Gasteiger partial charge in [0.1, 0.15) is 11.3 Å². The van der Waals surface area contributed by atoms with E-state index in [2.05, 4.69) is 45.5 Å². The van der Waals surface area contributed by atoms with Gasteiger partial charge in [0.25, 0.3) is 0 Å². The quantitative estimate of drug-likeness (QED) is 0.619. The molecule has 0 spiro atoms. The van der Waals surface area contributed by atoms with Crippen molar-refractivity contribution in [1.82, 2.24) is 24.3 Å². The van der Waals surface area contributed by atoms with Crippen LogP contribution in [0.4, 0.5) is 11.5 Å². The standard InChI is InChI=1S/C19H20N6/c1-4-13-7-14(15-9-22-25(3)11-15)5-6-16(13)23-19-8-18-17(10-20-19)21-12-24(18)2/h5-12H,4H2,1-3H3,(H,20,23). The van der Waals surface area contributed by atoms with Crippen molar-refractivity contribution < 1.29 is 0 Å². The van der Waals surface area contributed by atoms with Gasteiger partial charge >= 0.3 is 0 Å². The molecule has 0 aliphatic carbocycles. The van der Waals surface area contributed by atoms with Gasteiger partial charge in [-0.15, -0.1) is 0 Å². The Morgan fingerprint density at radius 1 is 1.04 bits per heavy atom. The number of nitrogens with zero attached hydrogens (tertiary/aromatic N) is 5. The van der Waals surface area contributed by atoms with Crippen LogP contribution in [-0.4, -0.2) is 24.3 Å². The molecule has 0 unspecified atom stereocenters. The van der Waals surface area contributed by atoms with E-state index in [1.807, 2.05) is 41.8 Å². The van der Waals surface area contributed by atoms with Crippen LogP contribution in [0, 0.1) is 0 Å². The second kappa shape index (κ2) is 6.05. The van der Waals surface area contributed by atoms with Crippen LogP contribution in [0.3, 0.4) is 0 Å². The molecule has 0 aliphatic rings. The van der Waals surface area contributed by atoms with Gasteiger partial charge in [0.2, 0.25) is 0 Å². The molecule has 0 saturated carbocycles. The summed E-state index contributed by atoms with van der Waals surface area (Å²) in [6.45, 7) is 2.16. The summed E-state index contributed by atoms with van der Waals surface area (Å²) in [4.78, 5) is 8.79. The Morgan fingerprint density at radius 3 is 2.68 bits per heavy atom. The Hall–Kier alpha value is -3.15. The van der Waals surface area contributed by atoms with Gasteiger partial charge in [0.05, 0.1) is 24.2 Å².